The van der Waals surface area contributed by atoms with Crippen molar-refractivity contribution in [3.8, 4) is 11.6 Å². The standard InChI is InChI=1S/C12H10ClN3O4/c1-19-7-11-14-10(13)6-12(15-11)20-9-4-2-3-8(5-9)16(17)18/h2-6H,7H2,1H3. The molecule has 7 nitrogen and oxygen atoms in total. The fourth-order valence-corrected chi connectivity index (χ4v) is 1.66. The number of halogens is 1. The zero-order chi connectivity index (χ0) is 14.5. The van der Waals surface area contributed by atoms with Crippen molar-refractivity contribution in [1.29, 1.82) is 0 Å². The number of benzene rings is 1. The maximum absolute atomic E-state index is 10.7. The molecule has 0 bridgehead atoms. The molecule has 20 heavy (non-hydrogen) atoms. The average molecular weight is 296 g/mol. The summed E-state index contributed by atoms with van der Waals surface area (Å²) in [4.78, 5) is 18.2. The van der Waals surface area contributed by atoms with Gasteiger partial charge in [0.05, 0.1) is 11.0 Å². The van der Waals surface area contributed by atoms with E-state index in [1.165, 1.54) is 31.4 Å². The third-order valence-corrected chi connectivity index (χ3v) is 2.44. The van der Waals surface area contributed by atoms with E-state index < -0.39 is 4.92 Å². The second-order valence-electron chi connectivity index (χ2n) is 3.73. The van der Waals surface area contributed by atoms with E-state index in [2.05, 4.69) is 9.97 Å². The van der Waals surface area contributed by atoms with Crippen LogP contribution in [0.3, 0.4) is 0 Å². The largest absolute Gasteiger partial charge is 0.439 e. The van der Waals surface area contributed by atoms with Crippen LogP contribution in [0.1, 0.15) is 5.82 Å². The number of ether oxygens (including phenoxy) is 2. The van der Waals surface area contributed by atoms with Crippen LogP contribution < -0.4 is 4.74 Å². The Morgan fingerprint density at radius 2 is 2.15 bits per heavy atom. The molecule has 8 heteroatoms. The van der Waals surface area contributed by atoms with Gasteiger partial charge >= 0.3 is 0 Å². The fourth-order valence-electron chi connectivity index (χ4n) is 1.47. The summed E-state index contributed by atoms with van der Waals surface area (Å²) in [5, 5.41) is 10.9. The Hall–Kier alpha value is -2.25. The van der Waals surface area contributed by atoms with E-state index in [1.54, 1.807) is 6.07 Å². The Kier molecular flexibility index (Phi) is 4.44. The molecule has 104 valence electrons. The number of hydrogen-bond acceptors (Lipinski definition) is 6. The number of aromatic nitrogens is 2. The van der Waals surface area contributed by atoms with Crippen molar-refractivity contribution < 1.29 is 14.4 Å². The molecule has 0 aliphatic heterocycles. The van der Waals surface area contributed by atoms with E-state index in [-0.39, 0.29) is 29.1 Å². The van der Waals surface area contributed by atoms with Crippen LogP contribution in [-0.2, 0) is 11.3 Å². The normalized spacial score (nSPS) is 10.3. The molecule has 0 aliphatic carbocycles. The summed E-state index contributed by atoms with van der Waals surface area (Å²) in [6.45, 7) is 0.186. The number of methoxy groups -OCH3 is 1. The third-order valence-electron chi connectivity index (χ3n) is 2.24. The van der Waals surface area contributed by atoms with Crippen molar-refractivity contribution in [3.05, 3.63) is 51.4 Å². The van der Waals surface area contributed by atoms with E-state index in [4.69, 9.17) is 21.1 Å². The van der Waals surface area contributed by atoms with E-state index in [9.17, 15) is 10.1 Å². The van der Waals surface area contributed by atoms with E-state index >= 15 is 0 Å². The molecule has 2 aromatic rings. The van der Waals surface area contributed by atoms with Gasteiger partial charge in [-0.25, -0.2) is 4.98 Å². The molecule has 0 aliphatic rings. The highest BCUT2D eigenvalue weighted by atomic mass is 35.5. The molecule has 0 fully saturated rings. The maximum atomic E-state index is 10.7. The second kappa shape index (κ2) is 6.27. The molecule has 0 spiro atoms. The van der Waals surface area contributed by atoms with E-state index in [1.807, 2.05) is 0 Å². The van der Waals surface area contributed by atoms with Crippen molar-refractivity contribution in [3.63, 3.8) is 0 Å². The Bertz CT molecular complexity index is 636. The fraction of sp³-hybridized carbons (Fsp3) is 0.167. The third kappa shape index (κ3) is 3.62. The van der Waals surface area contributed by atoms with Gasteiger partial charge in [-0.05, 0) is 6.07 Å². The number of nitrogens with zero attached hydrogens (tertiary/aromatic N) is 3. The first-order valence-corrected chi connectivity index (χ1v) is 5.91. The van der Waals surface area contributed by atoms with Gasteiger partial charge in [-0.15, -0.1) is 0 Å². The quantitative estimate of drug-likeness (QED) is 0.479. The molecule has 0 atom stereocenters. The van der Waals surface area contributed by atoms with Crippen LogP contribution in [0.15, 0.2) is 30.3 Å². The monoisotopic (exact) mass is 295 g/mol. The zero-order valence-electron chi connectivity index (χ0n) is 10.4. The predicted octanol–water partition coefficient (Wildman–Crippen LogP) is 2.98. The molecule has 0 saturated carbocycles. The lowest BCUT2D eigenvalue weighted by molar-refractivity contribution is -0.384. The van der Waals surface area contributed by atoms with Gasteiger partial charge in [0.1, 0.15) is 17.5 Å². The molecule has 1 heterocycles. The molecule has 1 aromatic carbocycles. The summed E-state index contributed by atoms with van der Waals surface area (Å²) in [5.41, 5.74) is -0.0697. The minimum Gasteiger partial charge on any atom is -0.439 e. The van der Waals surface area contributed by atoms with Gasteiger partial charge in [-0.1, -0.05) is 17.7 Å². The molecule has 1 aromatic heterocycles. The van der Waals surface area contributed by atoms with Crippen molar-refractivity contribution in [2.75, 3.05) is 7.11 Å². The van der Waals surface area contributed by atoms with Gasteiger partial charge in [0, 0.05) is 19.2 Å². The highest BCUT2D eigenvalue weighted by molar-refractivity contribution is 6.29. The summed E-state index contributed by atoms with van der Waals surface area (Å²) < 4.78 is 10.4. The second-order valence-corrected chi connectivity index (χ2v) is 4.12. The van der Waals surface area contributed by atoms with Crippen molar-refractivity contribution in [1.82, 2.24) is 9.97 Å². The first kappa shape index (κ1) is 14.2. The number of hydrogen-bond donors (Lipinski definition) is 0. The number of nitro groups is 1. The predicted molar refractivity (Wildman–Crippen MR) is 70.9 cm³/mol. The topological polar surface area (TPSA) is 87.4 Å². The first-order valence-electron chi connectivity index (χ1n) is 5.53. The lowest BCUT2D eigenvalue weighted by Crippen LogP contribution is -1.99. The minimum absolute atomic E-state index is 0.0697. The van der Waals surface area contributed by atoms with Crippen LogP contribution in [0.2, 0.25) is 5.15 Å². The lowest BCUT2D eigenvalue weighted by atomic mass is 10.3. The minimum atomic E-state index is -0.504. The molecule has 0 N–H and O–H groups in total. The molecular formula is C12H10ClN3O4. The Balaban J connectivity index is 2.25. The Morgan fingerprint density at radius 1 is 1.35 bits per heavy atom. The molecule has 0 amide bonds. The molecule has 0 radical (unpaired) electrons. The van der Waals surface area contributed by atoms with Gasteiger partial charge in [0.2, 0.25) is 5.88 Å². The Labute approximate surface area is 119 Å². The van der Waals surface area contributed by atoms with Crippen molar-refractivity contribution >= 4 is 17.3 Å². The summed E-state index contributed by atoms with van der Waals surface area (Å²) >= 11 is 5.84. The van der Waals surface area contributed by atoms with Crippen LogP contribution >= 0.6 is 11.6 Å². The van der Waals surface area contributed by atoms with Crippen LogP contribution in [0.4, 0.5) is 5.69 Å². The smallest absolute Gasteiger partial charge is 0.273 e. The van der Waals surface area contributed by atoms with Crippen LogP contribution in [0, 0.1) is 10.1 Å². The van der Waals surface area contributed by atoms with Gasteiger partial charge < -0.3 is 9.47 Å². The summed E-state index contributed by atoms with van der Waals surface area (Å²) in [5.74, 6) is 0.843. The highest BCUT2D eigenvalue weighted by Gasteiger charge is 2.09. The molecular weight excluding hydrogens is 286 g/mol. The van der Waals surface area contributed by atoms with Crippen LogP contribution in [0.25, 0.3) is 0 Å². The number of non-ortho nitro benzene ring substituents is 1. The van der Waals surface area contributed by atoms with Gasteiger partial charge in [0.15, 0.2) is 5.82 Å². The molecule has 0 unspecified atom stereocenters. The highest BCUT2D eigenvalue weighted by Crippen LogP contribution is 2.25. The maximum Gasteiger partial charge on any atom is 0.273 e. The van der Waals surface area contributed by atoms with E-state index in [0.29, 0.717) is 5.82 Å². The van der Waals surface area contributed by atoms with Gasteiger partial charge in [-0.3, -0.25) is 10.1 Å². The molecule has 0 saturated heterocycles. The lowest BCUT2D eigenvalue weighted by Gasteiger charge is -2.06. The summed E-state index contributed by atoms with van der Waals surface area (Å²) in [6, 6.07) is 7.19. The van der Waals surface area contributed by atoms with Crippen molar-refractivity contribution in [2.24, 2.45) is 0 Å². The van der Waals surface area contributed by atoms with Gasteiger partial charge in [-0.2, -0.15) is 4.98 Å². The summed E-state index contributed by atoms with van der Waals surface area (Å²) in [6.07, 6.45) is 0. The molecule has 2 rings (SSSR count). The Morgan fingerprint density at radius 3 is 2.85 bits per heavy atom. The van der Waals surface area contributed by atoms with E-state index in [0.717, 1.165) is 0 Å². The number of rotatable bonds is 5. The summed E-state index contributed by atoms with van der Waals surface area (Å²) in [7, 11) is 1.51. The zero-order valence-corrected chi connectivity index (χ0v) is 11.2. The van der Waals surface area contributed by atoms with Crippen LogP contribution in [0.5, 0.6) is 11.6 Å². The number of nitro benzene ring substituents is 1. The van der Waals surface area contributed by atoms with Crippen LogP contribution in [-0.4, -0.2) is 22.0 Å². The average Bonchev–Trinajstić information content (AvgIpc) is 2.38. The van der Waals surface area contributed by atoms with Crippen molar-refractivity contribution in [2.45, 2.75) is 6.61 Å². The van der Waals surface area contributed by atoms with Gasteiger partial charge in [0.25, 0.3) is 5.69 Å². The SMILES string of the molecule is COCc1nc(Cl)cc(Oc2cccc([N+](=O)[O-])c2)n1. The first-order chi connectivity index (χ1) is 9.58.